The van der Waals surface area contributed by atoms with Crippen molar-refractivity contribution in [2.75, 3.05) is 12.8 Å². The van der Waals surface area contributed by atoms with E-state index >= 15 is 0 Å². The van der Waals surface area contributed by atoms with Crippen LogP contribution in [0.5, 0.6) is 11.5 Å². The number of nitrogens with zero attached hydrogens (tertiary/aromatic N) is 2. The molecule has 1 aromatic carbocycles. The van der Waals surface area contributed by atoms with E-state index in [1.54, 1.807) is 6.07 Å². The lowest BCUT2D eigenvalue weighted by molar-refractivity contribution is -0.126. The highest BCUT2D eigenvalue weighted by Crippen LogP contribution is 2.35. The Hall–Kier alpha value is -3.64. The SMILES string of the molecule is COc1cc([C@H](C(=O)NC2CCCC2)N(Cc2cccs2)C(=O)c2snc(C(N)=O)c2N)ccc1O. The Labute approximate surface area is 216 Å². The summed E-state index contributed by atoms with van der Waals surface area (Å²) in [6.45, 7) is 0.103. The molecule has 12 heteroatoms. The third kappa shape index (κ3) is 5.29. The Kier molecular flexibility index (Phi) is 7.75. The van der Waals surface area contributed by atoms with Gasteiger partial charge in [0.05, 0.1) is 19.3 Å². The number of hydrogen-bond acceptors (Lipinski definition) is 9. The summed E-state index contributed by atoms with van der Waals surface area (Å²) in [5, 5.41) is 15.1. The van der Waals surface area contributed by atoms with Gasteiger partial charge in [0.1, 0.15) is 10.9 Å². The first-order valence-electron chi connectivity index (χ1n) is 11.4. The molecule has 190 valence electrons. The number of nitrogens with two attached hydrogens (primary N) is 2. The summed E-state index contributed by atoms with van der Waals surface area (Å²) in [5.41, 5.74) is 11.6. The summed E-state index contributed by atoms with van der Waals surface area (Å²) >= 11 is 2.20. The van der Waals surface area contributed by atoms with Crippen LogP contribution >= 0.6 is 22.9 Å². The smallest absolute Gasteiger partial charge is 0.270 e. The lowest BCUT2D eigenvalue weighted by atomic mass is 10.0. The largest absolute Gasteiger partial charge is 0.504 e. The topological polar surface area (TPSA) is 161 Å². The molecule has 0 spiro atoms. The number of amides is 3. The second kappa shape index (κ2) is 11.0. The first-order valence-corrected chi connectivity index (χ1v) is 13.0. The molecule has 2 aromatic heterocycles. The van der Waals surface area contributed by atoms with Gasteiger partial charge in [-0.1, -0.05) is 25.0 Å². The van der Waals surface area contributed by atoms with Gasteiger partial charge < -0.3 is 31.5 Å². The van der Waals surface area contributed by atoms with Crippen LogP contribution in [0.2, 0.25) is 0 Å². The van der Waals surface area contributed by atoms with Gasteiger partial charge in [0.15, 0.2) is 17.2 Å². The predicted octanol–water partition coefficient (Wildman–Crippen LogP) is 3.04. The number of ether oxygens (including phenoxy) is 1. The number of nitrogens with one attached hydrogen (secondary N) is 1. The highest BCUT2D eigenvalue weighted by molar-refractivity contribution is 7.10. The van der Waals surface area contributed by atoms with E-state index in [9.17, 15) is 19.5 Å². The van der Waals surface area contributed by atoms with E-state index in [1.807, 2.05) is 17.5 Å². The number of anilines is 1. The van der Waals surface area contributed by atoms with Crippen LogP contribution < -0.4 is 21.5 Å². The van der Waals surface area contributed by atoms with E-state index in [-0.39, 0.29) is 46.3 Å². The maximum atomic E-state index is 13.9. The number of carbonyl (C=O) groups excluding carboxylic acids is 3. The van der Waals surface area contributed by atoms with Crippen molar-refractivity contribution in [1.82, 2.24) is 14.6 Å². The molecule has 1 saturated carbocycles. The summed E-state index contributed by atoms with van der Waals surface area (Å²) in [6, 6.07) is 7.18. The Balaban J connectivity index is 1.81. The predicted molar refractivity (Wildman–Crippen MR) is 137 cm³/mol. The Morgan fingerprint density at radius 3 is 2.64 bits per heavy atom. The van der Waals surface area contributed by atoms with Crippen molar-refractivity contribution >= 4 is 46.3 Å². The molecule has 6 N–H and O–H groups in total. The fourth-order valence-electron chi connectivity index (χ4n) is 4.30. The van der Waals surface area contributed by atoms with Crippen molar-refractivity contribution in [3.63, 3.8) is 0 Å². The zero-order valence-corrected chi connectivity index (χ0v) is 21.2. The van der Waals surface area contributed by atoms with Gasteiger partial charge in [-0.15, -0.1) is 11.3 Å². The second-order valence-electron chi connectivity index (χ2n) is 8.47. The Bertz CT molecular complexity index is 1250. The lowest BCUT2D eigenvalue weighted by Crippen LogP contribution is -2.45. The summed E-state index contributed by atoms with van der Waals surface area (Å²) in [5.74, 6) is -1.69. The maximum absolute atomic E-state index is 13.9. The van der Waals surface area contributed by atoms with Crippen LogP contribution in [-0.4, -0.2) is 45.3 Å². The van der Waals surface area contributed by atoms with Gasteiger partial charge in [0.2, 0.25) is 5.91 Å². The summed E-state index contributed by atoms with van der Waals surface area (Å²) in [6.07, 6.45) is 3.77. The molecule has 0 radical (unpaired) electrons. The molecule has 0 unspecified atom stereocenters. The minimum absolute atomic E-state index is 0.00707. The molecule has 4 rings (SSSR count). The van der Waals surface area contributed by atoms with Crippen molar-refractivity contribution in [3.05, 3.63) is 56.7 Å². The number of aromatic hydroxyl groups is 1. The summed E-state index contributed by atoms with van der Waals surface area (Å²) in [7, 11) is 1.41. The molecule has 1 aliphatic carbocycles. The van der Waals surface area contributed by atoms with Gasteiger partial charge in [-0.2, -0.15) is 4.37 Å². The molecule has 3 amide bonds. The van der Waals surface area contributed by atoms with Crippen LogP contribution in [-0.2, 0) is 11.3 Å². The third-order valence-corrected chi connectivity index (χ3v) is 7.82. The summed E-state index contributed by atoms with van der Waals surface area (Å²) in [4.78, 5) is 41.6. The van der Waals surface area contributed by atoms with Gasteiger partial charge >= 0.3 is 0 Å². The number of benzene rings is 1. The molecule has 0 aliphatic heterocycles. The number of phenols is 1. The number of thiophene rings is 1. The van der Waals surface area contributed by atoms with E-state index in [0.717, 1.165) is 42.1 Å². The number of nitrogen functional groups attached to an aromatic ring is 1. The Morgan fingerprint density at radius 2 is 2.03 bits per heavy atom. The fraction of sp³-hybridized carbons (Fsp3) is 0.333. The van der Waals surface area contributed by atoms with Gasteiger partial charge in [-0.05, 0) is 53.5 Å². The monoisotopic (exact) mass is 529 g/mol. The lowest BCUT2D eigenvalue weighted by Gasteiger charge is -2.32. The number of methoxy groups -OCH3 is 1. The van der Waals surface area contributed by atoms with E-state index in [4.69, 9.17) is 16.2 Å². The third-order valence-electron chi connectivity index (χ3n) is 6.10. The maximum Gasteiger partial charge on any atom is 0.270 e. The molecule has 2 heterocycles. The number of phenolic OH excluding ortho intramolecular Hbond substituents is 1. The van der Waals surface area contributed by atoms with E-state index < -0.39 is 17.9 Å². The molecule has 0 bridgehead atoms. The fourth-order valence-corrected chi connectivity index (χ4v) is 5.76. The van der Waals surface area contributed by atoms with Crippen molar-refractivity contribution < 1.29 is 24.2 Å². The van der Waals surface area contributed by atoms with Crippen LogP contribution in [0.4, 0.5) is 5.69 Å². The molecule has 1 atom stereocenters. The molecule has 1 aliphatic rings. The van der Waals surface area contributed by atoms with E-state index in [1.165, 1.54) is 35.5 Å². The van der Waals surface area contributed by atoms with Crippen molar-refractivity contribution in [2.45, 2.75) is 44.3 Å². The molecular weight excluding hydrogens is 502 g/mol. The first kappa shape index (κ1) is 25.5. The van der Waals surface area contributed by atoms with Gasteiger partial charge in [-0.25, -0.2) is 0 Å². The molecule has 36 heavy (non-hydrogen) atoms. The number of primary amides is 1. The molecule has 10 nitrogen and oxygen atoms in total. The standard InChI is InChI=1S/C24H27N5O5S2/c1-34-17-11-13(8-9-16(17)30)20(23(32)27-14-5-2-3-6-14)29(12-15-7-4-10-35-15)24(33)21-18(25)19(22(26)31)28-36-21/h4,7-11,14,20,30H,2-3,5-6,12,25H2,1H3,(H2,26,31)(H,27,32)/t20-/m1/s1. The summed E-state index contributed by atoms with van der Waals surface area (Å²) < 4.78 is 9.22. The van der Waals surface area contributed by atoms with Crippen molar-refractivity contribution in [1.29, 1.82) is 0 Å². The zero-order valence-electron chi connectivity index (χ0n) is 19.6. The van der Waals surface area contributed by atoms with Gasteiger partial charge in [0.25, 0.3) is 11.8 Å². The van der Waals surface area contributed by atoms with Crippen LogP contribution in [0.25, 0.3) is 0 Å². The highest BCUT2D eigenvalue weighted by Gasteiger charge is 2.36. The number of rotatable bonds is 9. The average Bonchev–Trinajstić information content (AvgIpc) is 3.62. The first-order chi connectivity index (χ1) is 17.3. The van der Waals surface area contributed by atoms with E-state index in [0.29, 0.717) is 5.56 Å². The quantitative estimate of drug-likeness (QED) is 0.331. The van der Waals surface area contributed by atoms with Gasteiger partial charge in [0, 0.05) is 10.9 Å². The zero-order chi connectivity index (χ0) is 25.8. The molecular formula is C24H27N5O5S2. The number of aromatic nitrogens is 1. The van der Waals surface area contributed by atoms with Crippen LogP contribution in [0.15, 0.2) is 35.7 Å². The minimum Gasteiger partial charge on any atom is -0.504 e. The Morgan fingerprint density at radius 1 is 1.28 bits per heavy atom. The van der Waals surface area contributed by atoms with Crippen LogP contribution in [0.3, 0.4) is 0 Å². The molecule has 0 saturated heterocycles. The minimum atomic E-state index is -1.08. The van der Waals surface area contributed by atoms with Gasteiger partial charge in [-0.3, -0.25) is 14.4 Å². The normalized spacial score (nSPS) is 14.4. The molecule has 1 fully saturated rings. The number of hydrogen-bond donors (Lipinski definition) is 4. The average molecular weight is 530 g/mol. The van der Waals surface area contributed by atoms with Crippen molar-refractivity contribution in [2.24, 2.45) is 5.73 Å². The van der Waals surface area contributed by atoms with E-state index in [2.05, 4.69) is 9.69 Å². The second-order valence-corrected chi connectivity index (χ2v) is 10.3. The number of carbonyl (C=O) groups is 3. The van der Waals surface area contributed by atoms with Crippen LogP contribution in [0.1, 0.15) is 62.3 Å². The highest BCUT2D eigenvalue weighted by atomic mass is 32.1. The molecule has 3 aromatic rings. The van der Waals surface area contributed by atoms with Crippen LogP contribution in [0, 0.1) is 0 Å². The van der Waals surface area contributed by atoms with Crippen molar-refractivity contribution in [3.8, 4) is 11.5 Å².